The molecular formula is C18H18N2O3. The van der Waals surface area contributed by atoms with Gasteiger partial charge >= 0.3 is 0 Å². The molecule has 0 aliphatic rings. The number of fused-ring (bicyclic) bond motifs is 1. The summed E-state index contributed by atoms with van der Waals surface area (Å²) in [5.41, 5.74) is 2.86. The number of non-ortho nitro benzene ring substituents is 1. The highest BCUT2D eigenvalue weighted by atomic mass is 16.6. The van der Waals surface area contributed by atoms with Crippen molar-refractivity contribution in [2.75, 3.05) is 18.0 Å². The van der Waals surface area contributed by atoms with Gasteiger partial charge in [-0.1, -0.05) is 0 Å². The van der Waals surface area contributed by atoms with Gasteiger partial charge in [-0.25, -0.2) is 0 Å². The van der Waals surface area contributed by atoms with Gasteiger partial charge in [0, 0.05) is 47.9 Å². The second-order valence-electron chi connectivity index (χ2n) is 5.31. The molecule has 1 aromatic heterocycles. The molecule has 118 valence electrons. The molecule has 0 atom stereocenters. The van der Waals surface area contributed by atoms with Gasteiger partial charge in [-0.05, 0) is 44.2 Å². The van der Waals surface area contributed by atoms with Crippen molar-refractivity contribution in [3.8, 4) is 11.3 Å². The van der Waals surface area contributed by atoms with Crippen molar-refractivity contribution in [3.05, 3.63) is 58.6 Å². The summed E-state index contributed by atoms with van der Waals surface area (Å²) in [6.07, 6.45) is 0. The van der Waals surface area contributed by atoms with Crippen molar-refractivity contribution < 1.29 is 9.34 Å². The molecule has 0 N–H and O–H groups in total. The van der Waals surface area contributed by atoms with Crippen LogP contribution in [0.5, 0.6) is 0 Å². The summed E-state index contributed by atoms with van der Waals surface area (Å²) in [6.45, 7) is 6.13. The van der Waals surface area contributed by atoms with Crippen molar-refractivity contribution in [3.63, 3.8) is 0 Å². The van der Waals surface area contributed by atoms with Gasteiger partial charge in [-0.15, -0.1) is 0 Å². The molecule has 0 saturated carbocycles. The monoisotopic (exact) mass is 310 g/mol. The Morgan fingerprint density at radius 1 is 1.04 bits per heavy atom. The summed E-state index contributed by atoms with van der Waals surface area (Å²) >= 11 is 0. The average molecular weight is 310 g/mol. The van der Waals surface area contributed by atoms with Crippen LogP contribution in [-0.2, 0) is 0 Å². The molecule has 5 nitrogen and oxygen atoms in total. The van der Waals surface area contributed by atoms with E-state index < -0.39 is 4.92 Å². The summed E-state index contributed by atoms with van der Waals surface area (Å²) in [5, 5.41) is 11.7. The lowest BCUT2D eigenvalue weighted by Gasteiger charge is -2.20. The number of benzene rings is 2. The molecule has 0 unspecified atom stereocenters. The van der Waals surface area contributed by atoms with Gasteiger partial charge in [-0.2, -0.15) is 0 Å². The van der Waals surface area contributed by atoms with Crippen molar-refractivity contribution in [1.82, 2.24) is 0 Å². The minimum atomic E-state index is -0.404. The lowest BCUT2D eigenvalue weighted by Crippen LogP contribution is -2.21. The minimum absolute atomic E-state index is 0.0775. The maximum absolute atomic E-state index is 10.7. The van der Waals surface area contributed by atoms with Crippen LogP contribution < -0.4 is 4.90 Å². The first-order chi connectivity index (χ1) is 11.1. The molecule has 1 heterocycles. The molecule has 0 spiro atoms. The highest BCUT2D eigenvalue weighted by molar-refractivity contribution is 5.85. The smallest absolute Gasteiger partial charge is 0.269 e. The van der Waals surface area contributed by atoms with Crippen molar-refractivity contribution in [2.45, 2.75) is 13.8 Å². The third-order valence-electron chi connectivity index (χ3n) is 3.99. The average Bonchev–Trinajstić information content (AvgIpc) is 2.99. The quantitative estimate of drug-likeness (QED) is 0.499. The highest BCUT2D eigenvalue weighted by Gasteiger charge is 2.11. The lowest BCUT2D eigenvalue weighted by atomic mass is 10.1. The Bertz CT molecular complexity index is 833. The van der Waals surface area contributed by atoms with E-state index in [0.29, 0.717) is 5.76 Å². The Morgan fingerprint density at radius 2 is 1.74 bits per heavy atom. The molecule has 0 amide bonds. The molecule has 3 rings (SSSR count). The Kier molecular flexibility index (Phi) is 4.02. The van der Waals surface area contributed by atoms with Gasteiger partial charge in [0.1, 0.15) is 11.3 Å². The number of nitro groups is 1. The number of anilines is 1. The van der Waals surface area contributed by atoms with E-state index in [9.17, 15) is 10.1 Å². The van der Waals surface area contributed by atoms with E-state index in [-0.39, 0.29) is 5.69 Å². The second-order valence-corrected chi connectivity index (χ2v) is 5.31. The number of hydrogen-bond donors (Lipinski definition) is 0. The Morgan fingerprint density at radius 3 is 2.35 bits per heavy atom. The molecule has 2 aromatic carbocycles. The van der Waals surface area contributed by atoms with E-state index in [1.54, 1.807) is 12.1 Å². The largest absolute Gasteiger partial charge is 0.456 e. The first kappa shape index (κ1) is 15.1. The Hall–Kier alpha value is -2.82. The SMILES string of the molecule is CCN(CC)c1ccc2cc(-c3ccc([N+](=O)[O-])cc3)oc2c1. The zero-order valence-corrected chi connectivity index (χ0v) is 13.2. The third kappa shape index (κ3) is 2.90. The van der Waals surface area contributed by atoms with Gasteiger partial charge in [-0.3, -0.25) is 10.1 Å². The molecule has 0 bridgehead atoms. The number of furan rings is 1. The standard InChI is InChI=1S/C18H18N2O3/c1-3-19(4-2)16-10-7-14-11-17(23-18(14)12-16)13-5-8-15(9-6-13)20(21)22/h5-12H,3-4H2,1-2H3. The first-order valence-electron chi connectivity index (χ1n) is 7.65. The molecule has 0 aliphatic carbocycles. The fourth-order valence-electron chi connectivity index (χ4n) is 2.69. The van der Waals surface area contributed by atoms with E-state index in [1.807, 2.05) is 18.2 Å². The molecule has 0 saturated heterocycles. The van der Waals surface area contributed by atoms with Gasteiger partial charge in [0.05, 0.1) is 4.92 Å². The summed E-state index contributed by atoms with van der Waals surface area (Å²) in [7, 11) is 0. The summed E-state index contributed by atoms with van der Waals surface area (Å²) in [4.78, 5) is 12.6. The van der Waals surface area contributed by atoms with Crippen LogP contribution in [0.15, 0.2) is 52.9 Å². The van der Waals surface area contributed by atoms with E-state index in [2.05, 4.69) is 24.8 Å². The van der Waals surface area contributed by atoms with Crippen LogP contribution in [0.4, 0.5) is 11.4 Å². The normalized spacial score (nSPS) is 10.9. The number of nitro benzene ring substituents is 1. The lowest BCUT2D eigenvalue weighted by molar-refractivity contribution is -0.384. The van der Waals surface area contributed by atoms with Gasteiger partial charge < -0.3 is 9.32 Å². The van der Waals surface area contributed by atoms with E-state index in [0.717, 1.165) is 35.3 Å². The topological polar surface area (TPSA) is 59.5 Å². The predicted molar refractivity (Wildman–Crippen MR) is 91.9 cm³/mol. The fraction of sp³-hybridized carbons (Fsp3) is 0.222. The molecule has 0 fully saturated rings. The van der Waals surface area contributed by atoms with Crippen LogP contribution in [-0.4, -0.2) is 18.0 Å². The first-order valence-corrected chi connectivity index (χ1v) is 7.65. The van der Waals surface area contributed by atoms with Crippen molar-refractivity contribution >= 4 is 22.3 Å². The molecule has 0 radical (unpaired) electrons. The summed E-state index contributed by atoms with van der Waals surface area (Å²) in [6, 6.07) is 14.5. The molecule has 5 heteroatoms. The number of hydrogen-bond acceptors (Lipinski definition) is 4. The molecular weight excluding hydrogens is 292 g/mol. The maximum atomic E-state index is 10.7. The van der Waals surface area contributed by atoms with Crippen molar-refractivity contribution in [1.29, 1.82) is 0 Å². The minimum Gasteiger partial charge on any atom is -0.456 e. The van der Waals surface area contributed by atoms with E-state index in [4.69, 9.17) is 4.42 Å². The molecule has 0 aliphatic heterocycles. The molecule has 3 aromatic rings. The van der Waals surface area contributed by atoms with Crippen LogP contribution in [0.3, 0.4) is 0 Å². The van der Waals surface area contributed by atoms with Gasteiger partial charge in [0.2, 0.25) is 0 Å². The predicted octanol–water partition coefficient (Wildman–Crippen LogP) is 4.85. The van der Waals surface area contributed by atoms with E-state index >= 15 is 0 Å². The van der Waals surface area contributed by atoms with Crippen molar-refractivity contribution in [2.24, 2.45) is 0 Å². The number of rotatable bonds is 5. The van der Waals surface area contributed by atoms with Gasteiger partial charge in [0.25, 0.3) is 5.69 Å². The Balaban J connectivity index is 1.97. The maximum Gasteiger partial charge on any atom is 0.269 e. The van der Waals surface area contributed by atoms with Crippen LogP contribution >= 0.6 is 0 Å². The van der Waals surface area contributed by atoms with Crippen LogP contribution in [0.2, 0.25) is 0 Å². The zero-order chi connectivity index (χ0) is 16.4. The second kappa shape index (κ2) is 6.12. The van der Waals surface area contributed by atoms with Crippen LogP contribution in [0.1, 0.15) is 13.8 Å². The van der Waals surface area contributed by atoms with Crippen LogP contribution in [0.25, 0.3) is 22.3 Å². The summed E-state index contributed by atoms with van der Waals surface area (Å²) < 4.78 is 5.94. The molecule has 23 heavy (non-hydrogen) atoms. The van der Waals surface area contributed by atoms with Crippen LogP contribution in [0, 0.1) is 10.1 Å². The zero-order valence-electron chi connectivity index (χ0n) is 13.2. The van der Waals surface area contributed by atoms with Gasteiger partial charge in [0.15, 0.2) is 0 Å². The highest BCUT2D eigenvalue weighted by Crippen LogP contribution is 2.31. The van der Waals surface area contributed by atoms with E-state index in [1.165, 1.54) is 12.1 Å². The fourth-order valence-corrected chi connectivity index (χ4v) is 2.69. The third-order valence-corrected chi connectivity index (χ3v) is 3.99. The summed E-state index contributed by atoms with van der Waals surface area (Å²) in [5.74, 6) is 0.714. The number of nitrogens with zero attached hydrogens (tertiary/aromatic N) is 2. The Labute approximate surface area is 134 Å².